The Morgan fingerprint density at radius 1 is 1.29 bits per heavy atom. The number of amides is 1. The lowest BCUT2D eigenvalue weighted by Gasteiger charge is -2.18. The number of hydrogen-bond donors (Lipinski definition) is 3. The summed E-state index contributed by atoms with van der Waals surface area (Å²) in [5.41, 5.74) is 5.39. The number of rotatable bonds is 7. The zero-order valence-electron chi connectivity index (χ0n) is 12.4. The lowest BCUT2D eigenvalue weighted by atomic mass is 10.0. The maximum atomic E-state index is 11.6. The minimum absolute atomic E-state index is 0.00428. The highest BCUT2D eigenvalue weighted by molar-refractivity contribution is 5.72. The van der Waals surface area contributed by atoms with Crippen molar-refractivity contribution in [3.05, 3.63) is 12.2 Å². The minimum atomic E-state index is -0.985. The molecule has 1 aliphatic rings. The molecule has 0 saturated carbocycles. The minimum Gasteiger partial charge on any atom is -0.480 e. The molecule has 0 aromatic carbocycles. The Labute approximate surface area is 125 Å². The molecule has 6 nitrogen and oxygen atoms in total. The van der Waals surface area contributed by atoms with Crippen molar-refractivity contribution in [2.24, 2.45) is 5.73 Å². The van der Waals surface area contributed by atoms with Crippen LogP contribution in [0.5, 0.6) is 0 Å². The predicted molar refractivity (Wildman–Crippen MR) is 80.0 cm³/mol. The maximum absolute atomic E-state index is 11.6. The number of nitrogens with two attached hydrogens (primary N) is 1. The van der Waals surface area contributed by atoms with E-state index in [4.69, 9.17) is 15.6 Å². The van der Waals surface area contributed by atoms with Gasteiger partial charge in [0.25, 0.3) is 0 Å². The molecule has 1 unspecified atom stereocenters. The number of aliphatic carboxylic acids is 1. The normalized spacial score (nSPS) is 21.7. The Morgan fingerprint density at radius 3 is 2.81 bits per heavy atom. The molecule has 0 aromatic rings. The van der Waals surface area contributed by atoms with Crippen molar-refractivity contribution >= 4 is 12.1 Å². The first-order valence-electron chi connectivity index (χ1n) is 7.67. The van der Waals surface area contributed by atoms with Gasteiger partial charge in [-0.1, -0.05) is 12.2 Å². The Hall–Kier alpha value is -1.56. The molecule has 21 heavy (non-hydrogen) atoms. The van der Waals surface area contributed by atoms with Crippen molar-refractivity contribution in [3.8, 4) is 0 Å². The van der Waals surface area contributed by atoms with Gasteiger partial charge in [0, 0.05) is 6.54 Å². The van der Waals surface area contributed by atoms with Crippen molar-refractivity contribution in [2.45, 2.75) is 63.5 Å². The Bertz CT molecular complexity index is 358. The molecule has 0 bridgehead atoms. The second kappa shape index (κ2) is 10.2. The van der Waals surface area contributed by atoms with Gasteiger partial charge in [-0.25, -0.2) is 4.79 Å². The Morgan fingerprint density at radius 2 is 2.05 bits per heavy atom. The smallest absolute Gasteiger partial charge is 0.407 e. The summed E-state index contributed by atoms with van der Waals surface area (Å²) in [5, 5.41) is 11.3. The van der Waals surface area contributed by atoms with E-state index in [-0.39, 0.29) is 12.2 Å². The van der Waals surface area contributed by atoms with Crippen LogP contribution in [0.15, 0.2) is 12.2 Å². The van der Waals surface area contributed by atoms with Crippen molar-refractivity contribution in [1.29, 1.82) is 0 Å². The molecule has 0 radical (unpaired) electrons. The van der Waals surface area contributed by atoms with E-state index in [0.717, 1.165) is 32.1 Å². The molecule has 1 amide bonds. The molecular weight excluding hydrogens is 272 g/mol. The summed E-state index contributed by atoms with van der Waals surface area (Å²) in [5.74, 6) is -0.985. The van der Waals surface area contributed by atoms with Crippen LogP contribution in [0, 0.1) is 0 Å². The zero-order valence-corrected chi connectivity index (χ0v) is 12.4. The molecule has 0 aromatic heterocycles. The average Bonchev–Trinajstić information content (AvgIpc) is 2.41. The number of alkyl carbamates (subject to hydrolysis) is 1. The third-order valence-corrected chi connectivity index (χ3v) is 3.52. The molecule has 6 heteroatoms. The third-order valence-electron chi connectivity index (χ3n) is 3.52. The van der Waals surface area contributed by atoms with Crippen molar-refractivity contribution < 1.29 is 19.4 Å². The van der Waals surface area contributed by atoms with Gasteiger partial charge >= 0.3 is 12.1 Å². The summed E-state index contributed by atoms with van der Waals surface area (Å²) < 4.78 is 5.39. The lowest BCUT2D eigenvalue weighted by molar-refractivity contribution is -0.138. The van der Waals surface area contributed by atoms with E-state index in [0.29, 0.717) is 25.8 Å². The fraction of sp³-hybridized carbons (Fsp3) is 0.733. The first-order chi connectivity index (χ1) is 10.1. The van der Waals surface area contributed by atoms with Crippen LogP contribution < -0.4 is 11.1 Å². The van der Waals surface area contributed by atoms with Gasteiger partial charge in [-0.05, 0) is 51.4 Å². The Kier molecular flexibility index (Phi) is 8.50. The molecule has 1 rings (SSSR count). The summed E-state index contributed by atoms with van der Waals surface area (Å²) >= 11 is 0. The third kappa shape index (κ3) is 8.34. The van der Waals surface area contributed by atoms with E-state index in [1.807, 2.05) is 0 Å². The first-order valence-corrected chi connectivity index (χ1v) is 7.67. The molecule has 4 N–H and O–H groups in total. The van der Waals surface area contributed by atoms with E-state index in [9.17, 15) is 9.59 Å². The summed E-state index contributed by atoms with van der Waals surface area (Å²) in [6, 6.07) is -0.820. The van der Waals surface area contributed by atoms with Gasteiger partial charge in [-0.2, -0.15) is 0 Å². The molecule has 0 spiro atoms. The molecule has 0 saturated heterocycles. The lowest BCUT2D eigenvalue weighted by Crippen LogP contribution is -2.31. The van der Waals surface area contributed by atoms with Gasteiger partial charge in [0.15, 0.2) is 0 Å². The van der Waals surface area contributed by atoms with Crippen LogP contribution in [0.2, 0.25) is 0 Å². The molecule has 120 valence electrons. The summed E-state index contributed by atoms with van der Waals surface area (Å²) in [6.07, 6.45) is 10.5. The van der Waals surface area contributed by atoms with E-state index in [1.165, 1.54) is 0 Å². The number of carbonyl (C=O) groups is 2. The van der Waals surface area contributed by atoms with E-state index < -0.39 is 12.0 Å². The number of unbranched alkanes of at least 4 members (excludes halogenated alkanes) is 1. The monoisotopic (exact) mass is 298 g/mol. The number of nitrogens with one attached hydrogen (secondary N) is 1. The van der Waals surface area contributed by atoms with Crippen LogP contribution in [0.3, 0.4) is 0 Å². The van der Waals surface area contributed by atoms with Crippen LogP contribution in [-0.2, 0) is 9.53 Å². The summed E-state index contributed by atoms with van der Waals surface area (Å²) in [7, 11) is 0. The number of ether oxygens (including phenoxy) is 1. The first kappa shape index (κ1) is 17.5. The van der Waals surface area contributed by atoms with Crippen LogP contribution >= 0.6 is 0 Å². The average molecular weight is 298 g/mol. The van der Waals surface area contributed by atoms with Gasteiger partial charge in [-0.3, -0.25) is 4.79 Å². The van der Waals surface area contributed by atoms with Crippen LogP contribution in [0.1, 0.15) is 51.4 Å². The van der Waals surface area contributed by atoms with Gasteiger partial charge in [0.05, 0.1) is 0 Å². The van der Waals surface area contributed by atoms with Crippen molar-refractivity contribution in [1.82, 2.24) is 5.32 Å². The summed E-state index contributed by atoms with van der Waals surface area (Å²) in [4.78, 5) is 22.2. The van der Waals surface area contributed by atoms with Gasteiger partial charge in [0.1, 0.15) is 12.1 Å². The fourth-order valence-electron chi connectivity index (χ4n) is 2.24. The second-order valence-corrected chi connectivity index (χ2v) is 5.37. The van der Waals surface area contributed by atoms with Gasteiger partial charge < -0.3 is 20.9 Å². The number of carboxylic acids is 1. The topological polar surface area (TPSA) is 102 Å². The van der Waals surface area contributed by atoms with Crippen LogP contribution in [0.25, 0.3) is 0 Å². The molecule has 2 atom stereocenters. The van der Waals surface area contributed by atoms with Crippen LogP contribution in [-0.4, -0.2) is 35.9 Å². The second-order valence-electron chi connectivity index (χ2n) is 5.37. The molecule has 0 heterocycles. The highest BCUT2D eigenvalue weighted by Crippen LogP contribution is 2.15. The number of carboxylic acid groups (broad SMARTS) is 1. The maximum Gasteiger partial charge on any atom is 0.407 e. The van der Waals surface area contributed by atoms with E-state index in [1.54, 1.807) is 0 Å². The summed E-state index contributed by atoms with van der Waals surface area (Å²) in [6.45, 7) is 0.484. The van der Waals surface area contributed by atoms with E-state index in [2.05, 4.69) is 17.5 Å². The zero-order chi connectivity index (χ0) is 15.5. The van der Waals surface area contributed by atoms with Crippen LogP contribution in [0.4, 0.5) is 4.79 Å². The van der Waals surface area contributed by atoms with E-state index >= 15 is 0 Å². The van der Waals surface area contributed by atoms with Gasteiger partial charge in [0.2, 0.25) is 0 Å². The quantitative estimate of drug-likeness (QED) is 0.494. The molecular formula is C15H26N2O4. The SMILES string of the molecule is N[C@@H](CCCCNC(=O)OC1CC/C=C\CCC1)C(=O)O. The predicted octanol–water partition coefficient (Wildman–Crippen LogP) is 2.18. The van der Waals surface area contributed by atoms with Crippen molar-refractivity contribution in [3.63, 3.8) is 0 Å². The largest absolute Gasteiger partial charge is 0.480 e. The highest BCUT2D eigenvalue weighted by atomic mass is 16.6. The fourth-order valence-corrected chi connectivity index (χ4v) is 2.24. The molecule has 0 fully saturated rings. The standard InChI is InChI=1S/C15H26N2O4/c16-13(14(18)19)10-6-7-11-17-15(20)21-12-8-4-2-1-3-5-9-12/h1-2,12-13H,3-11,16H2,(H,17,20)(H,18,19)/b2-1-/t12?,13-/m0/s1. The number of hydrogen-bond acceptors (Lipinski definition) is 4. The van der Waals surface area contributed by atoms with Gasteiger partial charge in [-0.15, -0.1) is 0 Å². The van der Waals surface area contributed by atoms with Crippen molar-refractivity contribution in [2.75, 3.05) is 6.54 Å². The Balaban J connectivity index is 2.08. The molecule has 0 aliphatic heterocycles. The number of allylic oxidation sites excluding steroid dienone is 2. The highest BCUT2D eigenvalue weighted by Gasteiger charge is 2.14. The molecule has 1 aliphatic carbocycles. The number of carbonyl (C=O) groups excluding carboxylic acids is 1.